The van der Waals surface area contributed by atoms with Crippen LogP contribution >= 0.6 is 11.6 Å². The molecule has 3 aromatic rings. The average molecular weight is 471 g/mol. The van der Waals surface area contributed by atoms with E-state index < -0.39 is 10.0 Å². The fourth-order valence-electron chi connectivity index (χ4n) is 3.22. The zero-order valence-electron chi connectivity index (χ0n) is 18.2. The fourth-order valence-corrected chi connectivity index (χ4v) is 4.77. The van der Waals surface area contributed by atoms with E-state index in [1.165, 1.54) is 0 Å². The van der Waals surface area contributed by atoms with E-state index in [0.717, 1.165) is 33.8 Å². The van der Waals surface area contributed by atoms with E-state index in [4.69, 9.17) is 11.6 Å². The molecule has 0 heterocycles. The summed E-state index contributed by atoms with van der Waals surface area (Å²) in [6.07, 6.45) is 1.53. The van der Waals surface area contributed by atoms with Crippen LogP contribution in [0.2, 0.25) is 5.02 Å². The van der Waals surface area contributed by atoms with Gasteiger partial charge >= 0.3 is 0 Å². The van der Waals surface area contributed by atoms with Crippen LogP contribution in [0.4, 0.5) is 5.69 Å². The molecule has 1 amide bonds. The summed E-state index contributed by atoms with van der Waals surface area (Å²) in [6, 6.07) is 21.3. The highest BCUT2D eigenvalue weighted by Crippen LogP contribution is 2.24. The quantitative estimate of drug-likeness (QED) is 0.452. The van der Waals surface area contributed by atoms with Crippen LogP contribution < -0.4 is 9.62 Å². The number of carbonyl (C=O) groups excluding carboxylic acids is 1. The highest BCUT2D eigenvalue weighted by molar-refractivity contribution is 7.92. The van der Waals surface area contributed by atoms with Crippen LogP contribution in [-0.2, 0) is 21.2 Å². The lowest BCUT2D eigenvalue weighted by molar-refractivity contribution is -0.119. The molecule has 0 saturated heterocycles. The van der Waals surface area contributed by atoms with Crippen molar-refractivity contribution < 1.29 is 13.2 Å². The van der Waals surface area contributed by atoms with Gasteiger partial charge in [0.15, 0.2) is 0 Å². The number of nitrogens with zero attached hydrogens (tertiary/aromatic N) is 1. The number of rotatable bonds is 9. The summed E-state index contributed by atoms with van der Waals surface area (Å²) in [6.45, 7) is 3.98. The number of hydrogen-bond acceptors (Lipinski definition) is 3. The summed E-state index contributed by atoms with van der Waals surface area (Å²) in [4.78, 5) is 12.8. The first-order valence-electron chi connectivity index (χ1n) is 10.4. The molecule has 0 bridgehead atoms. The number of sulfonamides is 1. The number of anilines is 1. The molecule has 0 aliphatic heterocycles. The second-order valence-corrected chi connectivity index (χ2v) is 10.0. The summed E-state index contributed by atoms with van der Waals surface area (Å²) < 4.78 is 27.8. The summed E-state index contributed by atoms with van der Waals surface area (Å²) in [5.41, 5.74) is 3.55. The molecule has 0 unspecified atom stereocenters. The smallest absolute Gasteiger partial charge is 0.264 e. The molecule has 3 rings (SSSR count). The predicted octanol–water partition coefficient (Wildman–Crippen LogP) is 4.90. The molecule has 0 atom stereocenters. The van der Waals surface area contributed by atoms with Gasteiger partial charge in [0.2, 0.25) is 5.91 Å². The molecular weight excluding hydrogens is 444 g/mol. The van der Waals surface area contributed by atoms with Gasteiger partial charge in [0.05, 0.1) is 10.6 Å². The van der Waals surface area contributed by atoms with Gasteiger partial charge in [-0.3, -0.25) is 9.10 Å². The number of aryl methyl sites for hydroxylation is 3. The van der Waals surface area contributed by atoms with Gasteiger partial charge in [0, 0.05) is 11.6 Å². The first-order chi connectivity index (χ1) is 15.3. The molecule has 0 saturated carbocycles. The maximum absolute atomic E-state index is 13.3. The van der Waals surface area contributed by atoms with Crippen molar-refractivity contribution in [3.05, 3.63) is 94.5 Å². The van der Waals surface area contributed by atoms with Gasteiger partial charge in [-0.05, 0) is 68.7 Å². The Morgan fingerprint density at radius 2 is 1.44 bits per heavy atom. The highest BCUT2D eigenvalue weighted by Gasteiger charge is 2.27. The lowest BCUT2D eigenvalue weighted by atomic mass is 10.1. The highest BCUT2D eigenvalue weighted by atomic mass is 35.5. The van der Waals surface area contributed by atoms with Crippen LogP contribution in [0.5, 0.6) is 0 Å². The lowest BCUT2D eigenvalue weighted by Crippen LogP contribution is -2.41. The third-order valence-electron chi connectivity index (χ3n) is 5.10. The van der Waals surface area contributed by atoms with Crippen LogP contribution in [0, 0.1) is 13.8 Å². The first kappa shape index (κ1) is 23.8. The third-order valence-corrected chi connectivity index (χ3v) is 7.14. The average Bonchev–Trinajstić information content (AvgIpc) is 2.77. The second-order valence-electron chi connectivity index (χ2n) is 7.74. The Bertz CT molecular complexity index is 1140. The van der Waals surface area contributed by atoms with E-state index in [-0.39, 0.29) is 17.3 Å². The summed E-state index contributed by atoms with van der Waals surface area (Å²) in [5.74, 6) is -0.350. The Kier molecular flexibility index (Phi) is 7.94. The molecule has 168 valence electrons. The van der Waals surface area contributed by atoms with E-state index in [1.807, 2.05) is 50.2 Å². The van der Waals surface area contributed by atoms with Gasteiger partial charge in [-0.2, -0.15) is 0 Å². The fraction of sp³-hybridized carbons (Fsp3) is 0.240. The Morgan fingerprint density at radius 3 is 2.03 bits per heavy atom. The van der Waals surface area contributed by atoms with Gasteiger partial charge in [-0.1, -0.05) is 59.1 Å². The molecule has 0 fully saturated rings. The first-order valence-corrected chi connectivity index (χ1v) is 12.2. The van der Waals surface area contributed by atoms with Gasteiger partial charge in [0.25, 0.3) is 10.0 Å². The van der Waals surface area contributed by atoms with Crippen LogP contribution in [0.25, 0.3) is 0 Å². The molecule has 7 heteroatoms. The Hall–Kier alpha value is -2.83. The van der Waals surface area contributed by atoms with Gasteiger partial charge < -0.3 is 5.32 Å². The number of amides is 1. The second kappa shape index (κ2) is 10.7. The Balaban J connectivity index is 1.69. The summed E-state index contributed by atoms with van der Waals surface area (Å²) >= 11 is 5.90. The molecule has 3 aromatic carbocycles. The number of carbonyl (C=O) groups is 1. The Labute approximate surface area is 195 Å². The molecule has 0 radical (unpaired) electrons. The molecule has 32 heavy (non-hydrogen) atoms. The predicted molar refractivity (Wildman–Crippen MR) is 130 cm³/mol. The SMILES string of the molecule is Cc1ccc(N(CC(=O)NCCCc2ccc(Cl)cc2)S(=O)(=O)c2ccc(C)cc2)cc1. The maximum Gasteiger partial charge on any atom is 0.264 e. The van der Waals surface area contributed by atoms with Crippen molar-refractivity contribution in [3.63, 3.8) is 0 Å². The van der Waals surface area contributed by atoms with Gasteiger partial charge in [0.1, 0.15) is 6.54 Å². The number of nitrogens with one attached hydrogen (secondary N) is 1. The molecule has 0 aliphatic rings. The van der Waals surface area contributed by atoms with Crippen LogP contribution in [0.1, 0.15) is 23.1 Å². The van der Waals surface area contributed by atoms with Crippen LogP contribution in [-0.4, -0.2) is 27.4 Å². The van der Waals surface area contributed by atoms with E-state index in [1.54, 1.807) is 36.4 Å². The largest absolute Gasteiger partial charge is 0.355 e. The summed E-state index contributed by atoms with van der Waals surface area (Å²) in [5, 5.41) is 3.53. The molecule has 0 aromatic heterocycles. The number of hydrogen-bond donors (Lipinski definition) is 1. The topological polar surface area (TPSA) is 66.5 Å². The van der Waals surface area contributed by atoms with Crippen molar-refractivity contribution in [1.29, 1.82) is 0 Å². The van der Waals surface area contributed by atoms with Crippen molar-refractivity contribution >= 4 is 33.2 Å². The lowest BCUT2D eigenvalue weighted by Gasteiger charge is -2.24. The number of benzene rings is 3. The van der Waals surface area contributed by atoms with Gasteiger partial charge in [-0.15, -0.1) is 0 Å². The van der Waals surface area contributed by atoms with E-state index in [2.05, 4.69) is 5.32 Å². The maximum atomic E-state index is 13.3. The third kappa shape index (κ3) is 6.34. The molecule has 5 nitrogen and oxygen atoms in total. The van der Waals surface area contributed by atoms with Crippen molar-refractivity contribution in [3.8, 4) is 0 Å². The van der Waals surface area contributed by atoms with Gasteiger partial charge in [-0.25, -0.2) is 8.42 Å². The zero-order chi connectivity index (χ0) is 23.1. The standard InChI is InChI=1S/C25H27ClN2O3S/c1-19-5-13-23(14-6-19)28(32(30,31)24-15-7-20(2)8-16-24)18-25(29)27-17-3-4-21-9-11-22(26)12-10-21/h5-16H,3-4,17-18H2,1-2H3,(H,27,29). The van der Waals surface area contributed by atoms with Crippen LogP contribution in [0.3, 0.4) is 0 Å². The van der Waals surface area contributed by atoms with Crippen molar-refractivity contribution in [2.24, 2.45) is 0 Å². The minimum atomic E-state index is -3.90. The number of halogens is 1. The van der Waals surface area contributed by atoms with E-state index >= 15 is 0 Å². The minimum absolute atomic E-state index is 0.152. The molecule has 0 spiro atoms. The molecule has 1 N–H and O–H groups in total. The minimum Gasteiger partial charge on any atom is -0.355 e. The van der Waals surface area contributed by atoms with Crippen molar-refractivity contribution in [2.45, 2.75) is 31.6 Å². The Morgan fingerprint density at radius 1 is 0.875 bits per heavy atom. The summed E-state index contributed by atoms with van der Waals surface area (Å²) in [7, 11) is -3.90. The van der Waals surface area contributed by atoms with Crippen LogP contribution in [0.15, 0.2) is 77.7 Å². The van der Waals surface area contributed by atoms with E-state index in [9.17, 15) is 13.2 Å². The normalized spacial score (nSPS) is 11.2. The van der Waals surface area contributed by atoms with Crippen molar-refractivity contribution in [2.75, 3.05) is 17.4 Å². The molecular formula is C25H27ClN2O3S. The monoisotopic (exact) mass is 470 g/mol. The zero-order valence-corrected chi connectivity index (χ0v) is 19.8. The van der Waals surface area contributed by atoms with Crippen molar-refractivity contribution in [1.82, 2.24) is 5.32 Å². The van der Waals surface area contributed by atoms with E-state index in [0.29, 0.717) is 17.3 Å². The molecule has 0 aliphatic carbocycles.